The van der Waals surface area contributed by atoms with Crippen LogP contribution in [0.25, 0.3) is 0 Å². The van der Waals surface area contributed by atoms with Gasteiger partial charge in [0.15, 0.2) is 0 Å². The highest BCUT2D eigenvalue weighted by Gasteiger charge is 2.32. The van der Waals surface area contributed by atoms with Crippen molar-refractivity contribution in [3.05, 3.63) is 0 Å². The van der Waals surface area contributed by atoms with Gasteiger partial charge in [-0.25, -0.2) is 8.42 Å². The Balaban J connectivity index is 1.73. The summed E-state index contributed by atoms with van der Waals surface area (Å²) in [6.07, 6.45) is 6.49. The smallest absolute Gasteiger partial charge is 0.214 e. The second kappa shape index (κ2) is 6.55. The highest BCUT2D eigenvalue weighted by atomic mass is 32.2. The van der Waals surface area contributed by atoms with Crippen LogP contribution in [0.15, 0.2) is 0 Å². The second-order valence-electron chi connectivity index (χ2n) is 6.22. The third-order valence-electron chi connectivity index (χ3n) is 4.51. The van der Waals surface area contributed by atoms with Gasteiger partial charge in [-0.15, -0.1) is 0 Å². The van der Waals surface area contributed by atoms with Gasteiger partial charge in [0, 0.05) is 18.6 Å². The molecule has 2 aliphatic rings. The van der Waals surface area contributed by atoms with Crippen molar-refractivity contribution in [2.75, 3.05) is 18.8 Å². The van der Waals surface area contributed by atoms with Gasteiger partial charge in [0.05, 0.1) is 5.75 Å². The summed E-state index contributed by atoms with van der Waals surface area (Å²) in [7, 11) is -3.04. The maximum Gasteiger partial charge on any atom is 0.214 e. The van der Waals surface area contributed by atoms with Crippen molar-refractivity contribution >= 4 is 10.0 Å². The molecule has 0 amide bonds. The lowest BCUT2D eigenvalue weighted by Crippen LogP contribution is -2.46. The van der Waals surface area contributed by atoms with Crippen molar-refractivity contribution in [1.29, 1.82) is 0 Å². The Kier molecular flexibility index (Phi) is 5.26. The molecule has 1 saturated carbocycles. The summed E-state index contributed by atoms with van der Waals surface area (Å²) in [6.45, 7) is 5.89. The van der Waals surface area contributed by atoms with E-state index < -0.39 is 10.0 Å². The van der Waals surface area contributed by atoms with Crippen LogP contribution in [0.5, 0.6) is 0 Å². The average Bonchev–Trinajstić information content (AvgIpc) is 3.16. The highest BCUT2D eigenvalue weighted by molar-refractivity contribution is 7.89. The predicted molar refractivity (Wildman–Crippen MR) is 78.6 cm³/mol. The fourth-order valence-electron chi connectivity index (χ4n) is 2.81. The van der Waals surface area contributed by atoms with E-state index in [4.69, 9.17) is 0 Å². The van der Waals surface area contributed by atoms with Gasteiger partial charge >= 0.3 is 0 Å². The molecule has 1 saturated heterocycles. The van der Waals surface area contributed by atoms with Gasteiger partial charge in [-0.1, -0.05) is 6.92 Å². The monoisotopic (exact) mass is 288 g/mol. The number of hydrogen-bond donors (Lipinski definition) is 1. The summed E-state index contributed by atoms with van der Waals surface area (Å²) in [5.41, 5.74) is 0. The van der Waals surface area contributed by atoms with Gasteiger partial charge in [0.1, 0.15) is 0 Å². The van der Waals surface area contributed by atoms with Crippen LogP contribution in [0.2, 0.25) is 0 Å². The van der Waals surface area contributed by atoms with Crippen LogP contribution in [0.1, 0.15) is 52.4 Å². The van der Waals surface area contributed by atoms with E-state index in [1.807, 2.05) is 0 Å². The molecule has 0 aromatic rings. The van der Waals surface area contributed by atoms with E-state index in [0.717, 1.165) is 38.3 Å². The summed E-state index contributed by atoms with van der Waals surface area (Å²) in [4.78, 5) is 0. The van der Waals surface area contributed by atoms with Crippen LogP contribution in [0, 0.1) is 5.92 Å². The summed E-state index contributed by atoms with van der Waals surface area (Å²) in [5, 5.41) is 3.43. The van der Waals surface area contributed by atoms with Crippen molar-refractivity contribution in [2.24, 2.45) is 5.92 Å². The molecule has 0 aromatic heterocycles. The molecule has 2 unspecified atom stereocenters. The number of piperidine rings is 1. The molecule has 1 aliphatic carbocycles. The van der Waals surface area contributed by atoms with Crippen molar-refractivity contribution in [3.8, 4) is 0 Å². The van der Waals surface area contributed by atoms with Crippen molar-refractivity contribution in [1.82, 2.24) is 9.62 Å². The lowest BCUT2D eigenvalue weighted by molar-refractivity contribution is 0.202. The highest BCUT2D eigenvalue weighted by Crippen LogP contribution is 2.26. The third kappa shape index (κ3) is 4.43. The Bertz CT molecular complexity index is 379. The quantitative estimate of drug-likeness (QED) is 0.729. The Labute approximate surface area is 118 Å². The fraction of sp³-hybridized carbons (Fsp3) is 1.00. The largest absolute Gasteiger partial charge is 0.314 e. The first-order valence-electron chi connectivity index (χ1n) is 7.73. The zero-order chi connectivity index (χ0) is 13.9. The Morgan fingerprint density at radius 3 is 2.58 bits per heavy atom. The standard InChI is InChI=1S/C14H28N2O2S/c1-12-6-5-10-16(13(12)2)19(17,18)11-4-3-9-15-14-7-8-14/h12-15H,3-11H2,1-2H3. The summed E-state index contributed by atoms with van der Waals surface area (Å²) < 4.78 is 26.5. The Morgan fingerprint density at radius 1 is 1.16 bits per heavy atom. The van der Waals surface area contributed by atoms with Crippen LogP contribution >= 0.6 is 0 Å². The second-order valence-corrected chi connectivity index (χ2v) is 8.26. The minimum absolute atomic E-state index is 0.170. The number of rotatable bonds is 7. The van der Waals surface area contributed by atoms with Crippen molar-refractivity contribution in [3.63, 3.8) is 0 Å². The molecule has 2 atom stereocenters. The van der Waals surface area contributed by atoms with Gasteiger partial charge < -0.3 is 5.32 Å². The molecule has 0 spiro atoms. The number of nitrogens with zero attached hydrogens (tertiary/aromatic N) is 1. The molecule has 1 N–H and O–H groups in total. The lowest BCUT2D eigenvalue weighted by atomic mass is 9.94. The van der Waals surface area contributed by atoms with E-state index in [1.54, 1.807) is 4.31 Å². The molecular weight excluding hydrogens is 260 g/mol. The van der Waals surface area contributed by atoms with E-state index in [0.29, 0.717) is 18.2 Å². The topological polar surface area (TPSA) is 49.4 Å². The van der Waals surface area contributed by atoms with Gasteiger partial charge in [0.2, 0.25) is 10.0 Å². The molecule has 0 radical (unpaired) electrons. The fourth-order valence-corrected chi connectivity index (χ4v) is 4.74. The van der Waals surface area contributed by atoms with Crippen LogP contribution in [-0.2, 0) is 10.0 Å². The molecule has 5 heteroatoms. The summed E-state index contributed by atoms with van der Waals surface area (Å²) in [6, 6.07) is 0.892. The third-order valence-corrected chi connectivity index (χ3v) is 6.55. The van der Waals surface area contributed by atoms with E-state index >= 15 is 0 Å². The first kappa shape index (κ1) is 15.3. The van der Waals surface area contributed by atoms with Crippen molar-refractivity contribution in [2.45, 2.75) is 64.5 Å². The van der Waals surface area contributed by atoms with Crippen molar-refractivity contribution < 1.29 is 8.42 Å². The number of hydrogen-bond acceptors (Lipinski definition) is 3. The zero-order valence-corrected chi connectivity index (χ0v) is 13.1. The molecule has 0 bridgehead atoms. The number of nitrogens with one attached hydrogen (secondary N) is 1. The number of unbranched alkanes of at least 4 members (excludes halogenated alkanes) is 1. The molecule has 0 aromatic carbocycles. The van der Waals surface area contributed by atoms with E-state index in [9.17, 15) is 8.42 Å². The van der Waals surface area contributed by atoms with Crippen LogP contribution in [0.3, 0.4) is 0 Å². The van der Waals surface area contributed by atoms with E-state index in [-0.39, 0.29) is 6.04 Å². The minimum Gasteiger partial charge on any atom is -0.314 e. The van der Waals surface area contributed by atoms with E-state index in [1.165, 1.54) is 12.8 Å². The van der Waals surface area contributed by atoms with Gasteiger partial charge in [-0.3, -0.25) is 0 Å². The molecule has 2 rings (SSSR count). The minimum atomic E-state index is -3.04. The molecular formula is C14H28N2O2S. The van der Waals surface area contributed by atoms with Crippen LogP contribution in [0.4, 0.5) is 0 Å². The van der Waals surface area contributed by atoms with Gasteiger partial charge in [0.25, 0.3) is 0 Å². The maximum atomic E-state index is 12.4. The summed E-state index contributed by atoms with van der Waals surface area (Å²) >= 11 is 0. The molecule has 19 heavy (non-hydrogen) atoms. The Hall–Kier alpha value is -0.130. The van der Waals surface area contributed by atoms with Gasteiger partial charge in [-0.2, -0.15) is 4.31 Å². The van der Waals surface area contributed by atoms with Crippen LogP contribution in [-0.4, -0.2) is 43.6 Å². The summed E-state index contributed by atoms with van der Waals surface area (Å²) in [5.74, 6) is 0.802. The first-order chi connectivity index (χ1) is 9.00. The lowest BCUT2D eigenvalue weighted by Gasteiger charge is -2.36. The van der Waals surface area contributed by atoms with E-state index in [2.05, 4.69) is 19.2 Å². The normalized spacial score (nSPS) is 29.6. The van der Waals surface area contributed by atoms with Crippen LogP contribution < -0.4 is 5.32 Å². The van der Waals surface area contributed by atoms with Gasteiger partial charge in [-0.05, 0) is 57.9 Å². The Morgan fingerprint density at radius 2 is 1.89 bits per heavy atom. The maximum absolute atomic E-state index is 12.4. The molecule has 4 nitrogen and oxygen atoms in total. The molecule has 112 valence electrons. The molecule has 1 heterocycles. The SMILES string of the molecule is CC1CCCN(S(=O)(=O)CCCCNC2CC2)C1C. The first-order valence-corrected chi connectivity index (χ1v) is 9.34. The predicted octanol–water partition coefficient (Wildman–Crippen LogP) is 1.97. The molecule has 1 aliphatic heterocycles. The average molecular weight is 288 g/mol. The zero-order valence-electron chi connectivity index (χ0n) is 12.3. The number of sulfonamides is 1. The molecule has 2 fully saturated rings.